The van der Waals surface area contributed by atoms with Crippen LogP contribution in [0.15, 0.2) is 0 Å². The normalized spacial score (nSPS) is 24.3. The molecule has 1 aliphatic carbocycles. The lowest BCUT2D eigenvalue weighted by Crippen LogP contribution is -2.45. The molecule has 17 heavy (non-hydrogen) atoms. The van der Waals surface area contributed by atoms with Crippen LogP contribution < -0.4 is 5.32 Å². The van der Waals surface area contributed by atoms with E-state index in [1.165, 1.54) is 0 Å². The number of carbonyl (C=O) groups is 2. The number of nitrogens with one attached hydrogen (secondary N) is 1. The molecule has 1 saturated carbocycles. The summed E-state index contributed by atoms with van der Waals surface area (Å²) in [6.07, 6.45) is 6.08. The zero-order valence-electron chi connectivity index (χ0n) is 10.6. The van der Waals surface area contributed by atoms with E-state index in [0.717, 1.165) is 45.1 Å². The van der Waals surface area contributed by atoms with Gasteiger partial charge in [0.25, 0.3) is 0 Å². The summed E-state index contributed by atoms with van der Waals surface area (Å²) in [5.41, 5.74) is -0.162. The van der Waals surface area contributed by atoms with Crippen LogP contribution >= 0.6 is 0 Å². The van der Waals surface area contributed by atoms with Crippen molar-refractivity contribution in [3.05, 3.63) is 0 Å². The second-order valence-electron chi connectivity index (χ2n) is 5.27. The van der Waals surface area contributed by atoms with Crippen molar-refractivity contribution in [1.82, 2.24) is 10.2 Å². The van der Waals surface area contributed by atoms with Gasteiger partial charge in [-0.1, -0.05) is 19.8 Å². The molecular weight excluding hydrogens is 216 g/mol. The Morgan fingerprint density at radius 2 is 2.06 bits per heavy atom. The lowest BCUT2D eigenvalue weighted by Gasteiger charge is -2.32. The molecule has 2 rings (SSSR count). The predicted octanol–water partition coefficient (Wildman–Crippen LogP) is 1.31. The Labute approximate surface area is 103 Å². The third-order valence-electron chi connectivity index (χ3n) is 4.24. The van der Waals surface area contributed by atoms with Crippen LogP contribution in [0, 0.1) is 5.41 Å². The Morgan fingerprint density at radius 3 is 2.71 bits per heavy atom. The van der Waals surface area contributed by atoms with Crippen molar-refractivity contribution in [1.29, 1.82) is 0 Å². The molecule has 0 unspecified atom stereocenters. The predicted molar refractivity (Wildman–Crippen MR) is 65.4 cm³/mol. The maximum absolute atomic E-state index is 12.6. The molecule has 0 bridgehead atoms. The van der Waals surface area contributed by atoms with Gasteiger partial charge in [-0.05, 0) is 25.7 Å². The molecule has 4 nitrogen and oxygen atoms in total. The van der Waals surface area contributed by atoms with Crippen molar-refractivity contribution in [3.63, 3.8) is 0 Å². The SMILES string of the molecule is CCC1(C(=O)N2CCCNC(=O)C2)CCCC1. The first-order chi connectivity index (χ1) is 8.18. The molecule has 2 amide bonds. The monoisotopic (exact) mass is 238 g/mol. The number of amides is 2. The van der Waals surface area contributed by atoms with Crippen LogP contribution in [0.4, 0.5) is 0 Å². The van der Waals surface area contributed by atoms with E-state index in [9.17, 15) is 9.59 Å². The zero-order valence-corrected chi connectivity index (χ0v) is 10.6. The lowest BCUT2D eigenvalue weighted by molar-refractivity contribution is -0.144. The Kier molecular flexibility index (Phi) is 3.69. The summed E-state index contributed by atoms with van der Waals surface area (Å²) < 4.78 is 0. The molecular formula is C13H22N2O2. The average molecular weight is 238 g/mol. The molecule has 2 fully saturated rings. The standard InChI is InChI=1S/C13H22N2O2/c1-2-13(6-3-4-7-13)12(17)15-9-5-8-14-11(16)10-15/h2-10H2,1H3,(H,14,16). The van der Waals surface area contributed by atoms with E-state index in [4.69, 9.17) is 0 Å². The van der Waals surface area contributed by atoms with Crippen LogP contribution in [0.3, 0.4) is 0 Å². The highest BCUT2D eigenvalue weighted by atomic mass is 16.2. The van der Waals surface area contributed by atoms with Crippen molar-refractivity contribution in [2.24, 2.45) is 5.41 Å². The second-order valence-corrected chi connectivity index (χ2v) is 5.27. The van der Waals surface area contributed by atoms with Gasteiger partial charge < -0.3 is 10.2 Å². The summed E-state index contributed by atoms with van der Waals surface area (Å²) in [5, 5.41) is 2.82. The Bertz CT molecular complexity index is 309. The van der Waals surface area contributed by atoms with Crippen molar-refractivity contribution in [3.8, 4) is 0 Å². The Balaban J connectivity index is 2.09. The smallest absolute Gasteiger partial charge is 0.239 e. The van der Waals surface area contributed by atoms with E-state index in [-0.39, 0.29) is 23.8 Å². The quantitative estimate of drug-likeness (QED) is 0.788. The van der Waals surface area contributed by atoms with Crippen molar-refractivity contribution < 1.29 is 9.59 Å². The molecule has 0 aromatic rings. The van der Waals surface area contributed by atoms with Crippen LogP contribution in [-0.2, 0) is 9.59 Å². The number of nitrogens with zero attached hydrogens (tertiary/aromatic N) is 1. The maximum atomic E-state index is 12.6. The molecule has 2 aliphatic rings. The van der Waals surface area contributed by atoms with Gasteiger partial charge in [0.05, 0.1) is 6.54 Å². The van der Waals surface area contributed by atoms with Crippen molar-refractivity contribution in [2.45, 2.75) is 45.4 Å². The summed E-state index contributed by atoms with van der Waals surface area (Å²) in [6, 6.07) is 0. The molecule has 0 radical (unpaired) electrons. The third kappa shape index (κ3) is 2.45. The minimum atomic E-state index is -0.162. The van der Waals surface area contributed by atoms with Gasteiger partial charge in [-0.25, -0.2) is 0 Å². The van der Waals surface area contributed by atoms with Crippen LogP contribution in [0.5, 0.6) is 0 Å². The fourth-order valence-electron chi connectivity index (χ4n) is 3.09. The van der Waals surface area contributed by atoms with Crippen molar-refractivity contribution >= 4 is 11.8 Å². The molecule has 0 spiro atoms. The van der Waals surface area contributed by atoms with E-state index in [1.54, 1.807) is 4.90 Å². The number of hydrogen-bond acceptors (Lipinski definition) is 2. The second kappa shape index (κ2) is 5.07. The van der Waals surface area contributed by atoms with E-state index < -0.39 is 0 Å². The van der Waals surface area contributed by atoms with Gasteiger partial charge in [-0.15, -0.1) is 0 Å². The van der Waals surface area contributed by atoms with Gasteiger partial charge in [0.15, 0.2) is 0 Å². The highest BCUT2D eigenvalue weighted by Gasteiger charge is 2.42. The van der Waals surface area contributed by atoms with E-state index in [1.807, 2.05) is 0 Å². The number of rotatable bonds is 2. The highest BCUT2D eigenvalue weighted by Crippen LogP contribution is 2.42. The molecule has 0 aromatic carbocycles. The third-order valence-corrected chi connectivity index (χ3v) is 4.24. The van der Waals surface area contributed by atoms with Crippen LogP contribution in [0.25, 0.3) is 0 Å². The maximum Gasteiger partial charge on any atom is 0.239 e. The molecule has 0 aromatic heterocycles. The van der Waals surface area contributed by atoms with Gasteiger partial charge >= 0.3 is 0 Å². The molecule has 0 atom stereocenters. The van der Waals surface area contributed by atoms with Crippen LogP contribution in [0.1, 0.15) is 45.4 Å². The van der Waals surface area contributed by atoms with Gasteiger partial charge in [-0.2, -0.15) is 0 Å². The summed E-state index contributed by atoms with van der Waals surface area (Å²) >= 11 is 0. The summed E-state index contributed by atoms with van der Waals surface area (Å²) in [5.74, 6) is 0.203. The van der Waals surface area contributed by atoms with Gasteiger partial charge in [0.1, 0.15) is 0 Å². The highest BCUT2D eigenvalue weighted by molar-refractivity contribution is 5.88. The molecule has 1 aliphatic heterocycles. The van der Waals surface area contributed by atoms with E-state index in [2.05, 4.69) is 12.2 Å². The minimum absolute atomic E-state index is 0.0138. The molecule has 1 heterocycles. The van der Waals surface area contributed by atoms with Gasteiger partial charge in [0, 0.05) is 18.5 Å². The lowest BCUT2D eigenvalue weighted by atomic mass is 9.82. The zero-order chi connectivity index (χ0) is 12.3. The molecule has 96 valence electrons. The first kappa shape index (κ1) is 12.4. The Hall–Kier alpha value is -1.06. The molecule has 1 N–H and O–H groups in total. The first-order valence-corrected chi connectivity index (χ1v) is 6.74. The van der Waals surface area contributed by atoms with Gasteiger partial charge in [-0.3, -0.25) is 9.59 Å². The molecule has 1 saturated heterocycles. The number of hydrogen-bond donors (Lipinski definition) is 1. The summed E-state index contributed by atoms with van der Waals surface area (Å²) in [4.78, 5) is 25.9. The van der Waals surface area contributed by atoms with Gasteiger partial charge in [0.2, 0.25) is 11.8 Å². The van der Waals surface area contributed by atoms with E-state index >= 15 is 0 Å². The minimum Gasteiger partial charge on any atom is -0.354 e. The van der Waals surface area contributed by atoms with E-state index in [0.29, 0.717) is 6.54 Å². The average Bonchev–Trinajstić information content (AvgIpc) is 2.72. The fourth-order valence-corrected chi connectivity index (χ4v) is 3.09. The summed E-state index contributed by atoms with van der Waals surface area (Å²) in [7, 11) is 0. The Morgan fingerprint density at radius 1 is 1.35 bits per heavy atom. The van der Waals surface area contributed by atoms with Crippen LogP contribution in [-0.4, -0.2) is 36.3 Å². The fraction of sp³-hybridized carbons (Fsp3) is 0.846. The largest absolute Gasteiger partial charge is 0.354 e. The molecule has 4 heteroatoms. The number of carbonyl (C=O) groups excluding carboxylic acids is 2. The first-order valence-electron chi connectivity index (χ1n) is 6.74. The van der Waals surface area contributed by atoms with Crippen molar-refractivity contribution in [2.75, 3.05) is 19.6 Å². The topological polar surface area (TPSA) is 49.4 Å². The summed E-state index contributed by atoms with van der Waals surface area (Å²) in [6.45, 7) is 3.77. The van der Waals surface area contributed by atoms with Crippen LogP contribution in [0.2, 0.25) is 0 Å².